The maximum absolute atomic E-state index is 5.49. The van der Waals surface area contributed by atoms with E-state index in [1.807, 2.05) is 0 Å². The van der Waals surface area contributed by atoms with Gasteiger partial charge in [0.05, 0.1) is 8.07 Å². The molecule has 106 valence electrons. The second-order valence-electron chi connectivity index (χ2n) is 7.47. The van der Waals surface area contributed by atoms with Crippen LogP contribution in [0.2, 0.25) is 19.6 Å². The fourth-order valence-electron chi connectivity index (χ4n) is 3.03. The molecule has 0 aromatic heterocycles. The van der Waals surface area contributed by atoms with Crippen LogP contribution in [0.15, 0.2) is 11.8 Å². The van der Waals surface area contributed by atoms with E-state index in [9.17, 15) is 0 Å². The van der Waals surface area contributed by atoms with Crippen LogP contribution in [0.25, 0.3) is 0 Å². The van der Waals surface area contributed by atoms with Crippen LogP contribution in [0.1, 0.15) is 26.7 Å². The van der Waals surface area contributed by atoms with Crippen LogP contribution >= 0.6 is 0 Å². The number of hydrogen-bond acceptors (Lipinski definition) is 2. The van der Waals surface area contributed by atoms with E-state index in [0.29, 0.717) is 17.3 Å². The Morgan fingerprint density at radius 3 is 2.11 bits per heavy atom. The lowest BCUT2D eigenvalue weighted by Gasteiger charge is -2.25. The van der Waals surface area contributed by atoms with Crippen molar-refractivity contribution in [3.8, 4) is 0 Å². The van der Waals surface area contributed by atoms with Crippen molar-refractivity contribution < 1.29 is 9.47 Å². The predicted molar refractivity (Wildman–Crippen MR) is 80.3 cm³/mol. The number of hydrogen-bond donors (Lipinski definition) is 0. The molecule has 1 fully saturated rings. The molecule has 0 radical (unpaired) electrons. The first-order valence-electron chi connectivity index (χ1n) is 6.93. The summed E-state index contributed by atoms with van der Waals surface area (Å²) in [6.07, 6.45) is 4.79. The third-order valence-corrected chi connectivity index (χ3v) is 4.98. The Labute approximate surface area is 114 Å². The van der Waals surface area contributed by atoms with Gasteiger partial charge >= 0.3 is 0 Å². The van der Waals surface area contributed by atoms with E-state index in [4.69, 9.17) is 9.47 Å². The molecule has 2 atom stereocenters. The molecule has 3 heteroatoms. The summed E-state index contributed by atoms with van der Waals surface area (Å²) in [5, 5.41) is 0. The fourth-order valence-corrected chi connectivity index (χ4v) is 3.85. The highest BCUT2D eigenvalue weighted by Gasteiger charge is 2.42. The van der Waals surface area contributed by atoms with Gasteiger partial charge in [-0.1, -0.05) is 45.3 Å². The average molecular weight is 270 g/mol. The second kappa shape index (κ2) is 5.89. The molecule has 18 heavy (non-hydrogen) atoms. The Morgan fingerprint density at radius 2 is 1.67 bits per heavy atom. The van der Waals surface area contributed by atoms with Crippen LogP contribution in [0, 0.1) is 17.3 Å². The van der Waals surface area contributed by atoms with E-state index < -0.39 is 8.07 Å². The van der Waals surface area contributed by atoms with Crippen molar-refractivity contribution in [2.75, 3.05) is 14.2 Å². The summed E-state index contributed by atoms with van der Waals surface area (Å²) in [4.78, 5) is 0. The first kappa shape index (κ1) is 15.9. The maximum atomic E-state index is 5.49. The molecule has 2 unspecified atom stereocenters. The van der Waals surface area contributed by atoms with Gasteiger partial charge in [0.2, 0.25) is 0 Å². The molecule has 0 N–H and O–H groups in total. The van der Waals surface area contributed by atoms with Gasteiger partial charge in [-0.2, -0.15) is 0 Å². The Bertz CT molecular complexity index is 287. The SMILES string of the molecule is COC(OC)C1CC(C)(C)CC1/C=C/[Si](C)(C)C. The Hall–Kier alpha value is -0.123. The van der Waals surface area contributed by atoms with Gasteiger partial charge in [0, 0.05) is 20.1 Å². The van der Waals surface area contributed by atoms with Gasteiger partial charge in [-0.15, -0.1) is 0 Å². The van der Waals surface area contributed by atoms with Gasteiger partial charge in [-0.3, -0.25) is 0 Å². The van der Waals surface area contributed by atoms with Crippen molar-refractivity contribution >= 4 is 8.07 Å². The van der Waals surface area contributed by atoms with Crippen molar-refractivity contribution in [1.29, 1.82) is 0 Å². The van der Waals surface area contributed by atoms with Crippen LogP contribution in [0.4, 0.5) is 0 Å². The van der Waals surface area contributed by atoms with Crippen molar-refractivity contribution in [1.82, 2.24) is 0 Å². The molecule has 0 aromatic carbocycles. The number of ether oxygens (including phenoxy) is 2. The van der Waals surface area contributed by atoms with Gasteiger partial charge < -0.3 is 9.47 Å². The minimum absolute atomic E-state index is 0.0666. The first-order valence-corrected chi connectivity index (χ1v) is 10.5. The van der Waals surface area contributed by atoms with E-state index in [1.54, 1.807) is 14.2 Å². The standard InChI is InChI=1S/C15H30O2Si/c1-15(2)10-12(8-9-18(5,6)7)13(11-15)14(16-3)17-4/h8-9,12-14H,10-11H2,1-7H3/b9-8+. The quantitative estimate of drug-likeness (QED) is 0.553. The third kappa shape index (κ3) is 4.52. The zero-order valence-corrected chi connectivity index (χ0v) is 14.1. The molecule has 0 spiro atoms. The lowest BCUT2D eigenvalue weighted by Crippen LogP contribution is -2.28. The Kier molecular flexibility index (Phi) is 5.21. The minimum Gasteiger partial charge on any atom is -0.356 e. The van der Waals surface area contributed by atoms with Crippen molar-refractivity contribution in [3.05, 3.63) is 11.8 Å². The van der Waals surface area contributed by atoms with Crippen LogP contribution in [0.3, 0.4) is 0 Å². The molecule has 1 saturated carbocycles. The van der Waals surface area contributed by atoms with Gasteiger partial charge in [0.25, 0.3) is 0 Å². The van der Waals surface area contributed by atoms with Gasteiger partial charge in [0.1, 0.15) is 0 Å². The molecular weight excluding hydrogens is 240 g/mol. The number of rotatable bonds is 5. The van der Waals surface area contributed by atoms with Gasteiger partial charge in [0.15, 0.2) is 6.29 Å². The second-order valence-corrected chi connectivity index (χ2v) is 12.5. The summed E-state index contributed by atoms with van der Waals surface area (Å²) < 4.78 is 11.0. The topological polar surface area (TPSA) is 18.5 Å². The largest absolute Gasteiger partial charge is 0.356 e. The molecular formula is C15H30O2Si. The molecule has 2 nitrogen and oxygen atoms in total. The molecule has 0 saturated heterocycles. The van der Waals surface area contributed by atoms with Gasteiger partial charge in [-0.25, -0.2) is 0 Å². The van der Waals surface area contributed by atoms with Crippen molar-refractivity contribution in [2.45, 2.75) is 52.6 Å². The van der Waals surface area contributed by atoms with Crippen molar-refractivity contribution in [3.63, 3.8) is 0 Å². The minimum atomic E-state index is -1.12. The number of allylic oxidation sites excluding steroid dienone is 1. The molecule has 1 rings (SSSR count). The molecule has 0 bridgehead atoms. The van der Waals surface area contributed by atoms with E-state index in [1.165, 1.54) is 12.8 Å². The summed E-state index contributed by atoms with van der Waals surface area (Å²) in [5.41, 5.74) is 2.86. The fraction of sp³-hybridized carbons (Fsp3) is 0.867. The van der Waals surface area contributed by atoms with E-state index in [0.717, 1.165) is 0 Å². The molecule has 0 aromatic rings. The first-order chi connectivity index (χ1) is 8.18. The molecule has 0 heterocycles. The summed E-state index contributed by atoms with van der Waals surface area (Å²) in [7, 11) is 2.38. The molecule has 0 amide bonds. The van der Waals surface area contributed by atoms with Crippen LogP contribution in [0.5, 0.6) is 0 Å². The van der Waals surface area contributed by atoms with E-state index in [2.05, 4.69) is 45.3 Å². The zero-order chi connectivity index (χ0) is 14.0. The lowest BCUT2D eigenvalue weighted by molar-refractivity contribution is -0.142. The molecule has 0 aliphatic heterocycles. The summed E-state index contributed by atoms with van der Waals surface area (Å²) in [6, 6.07) is 0. The normalized spacial score (nSPS) is 28.4. The van der Waals surface area contributed by atoms with Crippen LogP contribution in [-0.2, 0) is 9.47 Å². The number of methoxy groups -OCH3 is 2. The Morgan fingerprint density at radius 1 is 1.11 bits per heavy atom. The smallest absolute Gasteiger partial charge is 0.160 e. The third-order valence-electron chi connectivity index (χ3n) is 3.78. The molecule has 1 aliphatic carbocycles. The summed E-state index contributed by atoms with van der Waals surface area (Å²) >= 11 is 0. The van der Waals surface area contributed by atoms with E-state index in [-0.39, 0.29) is 6.29 Å². The molecule has 1 aliphatic rings. The predicted octanol–water partition coefficient (Wildman–Crippen LogP) is 4.09. The highest BCUT2D eigenvalue weighted by atomic mass is 28.3. The van der Waals surface area contributed by atoms with Crippen molar-refractivity contribution in [2.24, 2.45) is 17.3 Å². The zero-order valence-electron chi connectivity index (χ0n) is 13.1. The highest BCUT2D eigenvalue weighted by molar-refractivity contribution is 6.80. The highest BCUT2D eigenvalue weighted by Crippen LogP contribution is 2.47. The monoisotopic (exact) mass is 270 g/mol. The Balaban J connectivity index is 2.82. The maximum Gasteiger partial charge on any atom is 0.160 e. The average Bonchev–Trinajstić information content (AvgIpc) is 2.52. The van der Waals surface area contributed by atoms with Crippen LogP contribution < -0.4 is 0 Å². The summed E-state index contributed by atoms with van der Waals surface area (Å²) in [6.45, 7) is 11.8. The summed E-state index contributed by atoms with van der Waals surface area (Å²) in [5.74, 6) is 1.08. The van der Waals surface area contributed by atoms with Gasteiger partial charge in [-0.05, 0) is 24.2 Å². The lowest BCUT2D eigenvalue weighted by atomic mass is 9.90. The van der Waals surface area contributed by atoms with E-state index >= 15 is 0 Å². The van der Waals surface area contributed by atoms with Crippen LogP contribution in [-0.4, -0.2) is 28.6 Å².